The summed E-state index contributed by atoms with van der Waals surface area (Å²) in [6, 6.07) is 4.59. The van der Waals surface area contributed by atoms with Crippen LogP contribution >= 0.6 is 0 Å². The van der Waals surface area contributed by atoms with Gasteiger partial charge < -0.3 is 26.6 Å². The van der Waals surface area contributed by atoms with Crippen molar-refractivity contribution in [3.8, 4) is 0 Å². The Hall–Kier alpha value is -3.43. The average Bonchev–Trinajstić information content (AvgIpc) is 3.01. The summed E-state index contributed by atoms with van der Waals surface area (Å²) in [5.74, 6) is -3.42. The minimum absolute atomic E-state index is 0.194. The molecule has 1 aliphatic heterocycles. The summed E-state index contributed by atoms with van der Waals surface area (Å²) >= 11 is 0. The van der Waals surface area contributed by atoms with Crippen molar-refractivity contribution in [3.63, 3.8) is 0 Å². The largest absolute Gasteiger partial charge is 0.342 e. The van der Waals surface area contributed by atoms with Crippen molar-refractivity contribution in [2.75, 3.05) is 0 Å². The van der Waals surface area contributed by atoms with E-state index >= 15 is 0 Å². The van der Waals surface area contributed by atoms with E-state index in [0.29, 0.717) is 25.7 Å². The summed E-state index contributed by atoms with van der Waals surface area (Å²) in [4.78, 5) is 68.8. The fourth-order valence-electron chi connectivity index (χ4n) is 5.11. The average molecular weight is 600 g/mol. The summed E-state index contributed by atoms with van der Waals surface area (Å²) in [5, 5.41) is 14.4. The van der Waals surface area contributed by atoms with Crippen molar-refractivity contribution >= 4 is 29.5 Å². The van der Waals surface area contributed by atoms with Gasteiger partial charge in [0.05, 0.1) is 0 Å². The van der Waals surface area contributed by atoms with Crippen LogP contribution in [0.4, 0.5) is 0 Å². The van der Waals surface area contributed by atoms with Crippen LogP contribution in [-0.2, 0) is 30.4 Å². The summed E-state index contributed by atoms with van der Waals surface area (Å²) < 4.78 is 0. The van der Waals surface area contributed by atoms with E-state index in [1.807, 2.05) is 85.7 Å². The predicted octanol–water partition coefficient (Wildman–Crippen LogP) is 2.85. The molecule has 10 heteroatoms. The van der Waals surface area contributed by atoms with E-state index in [-0.39, 0.29) is 30.1 Å². The molecule has 9 unspecified atom stereocenters. The van der Waals surface area contributed by atoms with E-state index in [9.17, 15) is 24.0 Å². The topological polar surface area (TPSA) is 146 Å². The molecule has 10 nitrogen and oxygen atoms in total. The molecule has 0 radical (unpaired) electrons. The van der Waals surface area contributed by atoms with Gasteiger partial charge in [0, 0.05) is 6.42 Å². The predicted molar refractivity (Wildman–Crippen MR) is 168 cm³/mol. The molecule has 1 saturated heterocycles. The first-order valence-electron chi connectivity index (χ1n) is 15.9. The molecule has 5 amide bonds. The molecule has 0 spiro atoms. The van der Waals surface area contributed by atoms with Gasteiger partial charge in [0.25, 0.3) is 0 Å². The number of amides is 5. The lowest BCUT2D eigenvalue weighted by Gasteiger charge is -2.31. The zero-order valence-corrected chi connectivity index (χ0v) is 27.2. The van der Waals surface area contributed by atoms with Gasteiger partial charge in [-0.05, 0) is 29.2 Å². The zero-order chi connectivity index (χ0) is 32.3. The maximum absolute atomic E-state index is 13.8. The third-order valence-electron chi connectivity index (χ3n) is 9.09. The lowest BCUT2D eigenvalue weighted by atomic mass is 9.93. The molecule has 2 rings (SSSR count). The fraction of sp³-hybridized carbons (Fsp3) is 0.667. The number of carbonyl (C=O) groups is 5. The van der Waals surface area contributed by atoms with Gasteiger partial charge in [0.15, 0.2) is 0 Å². The minimum atomic E-state index is -1.00. The third-order valence-corrected chi connectivity index (χ3v) is 9.09. The minimum Gasteiger partial charge on any atom is -0.342 e. The highest BCUT2D eigenvalue weighted by atomic mass is 16.2. The van der Waals surface area contributed by atoms with E-state index in [1.165, 1.54) is 0 Å². The van der Waals surface area contributed by atoms with Gasteiger partial charge in [-0.1, -0.05) is 111 Å². The molecule has 0 saturated carbocycles. The van der Waals surface area contributed by atoms with E-state index in [0.717, 1.165) is 5.56 Å². The molecule has 9 atom stereocenters. The number of hydrogen-bond donors (Lipinski definition) is 5. The Labute approximate surface area is 257 Å². The summed E-state index contributed by atoms with van der Waals surface area (Å²) in [7, 11) is 0. The van der Waals surface area contributed by atoms with Crippen LogP contribution in [0, 0.1) is 23.7 Å². The van der Waals surface area contributed by atoms with Crippen LogP contribution in [0.3, 0.4) is 0 Å². The van der Waals surface area contributed by atoms with E-state index in [2.05, 4.69) is 26.6 Å². The van der Waals surface area contributed by atoms with Crippen molar-refractivity contribution in [1.82, 2.24) is 26.6 Å². The zero-order valence-electron chi connectivity index (χ0n) is 27.2. The Morgan fingerprint density at radius 3 is 1.12 bits per heavy atom. The van der Waals surface area contributed by atoms with Crippen molar-refractivity contribution in [1.29, 1.82) is 0 Å². The first-order valence-corrected chi connectivity index (χ1v) is 15.9. The van der Waals surface area contributed by atoms with Gasteiger partial charge in [-0.15, -0.1) is 0 Å². The summed E-state index contributed by atoms with van der Waals surface area (Å²) in [5.41, 5.74) is 0.831. The number of nitrogens with one attached hydrogen (secondary N) is 5. The molecule has 0 aromatic heterocycles. The van der Waals surface area contributed by atoms with E-state index in [1.54, 1.807) is 0 Å². The number of hydrogen-bond acceptors (Lipinski definition) is 5. The van der Waals surface area contributed by atoms with Crippen LogP contribution in [0.1, 0.15) is 86.6 Å². The van der Waals surface area contributed by atoms with E-state index < -0.39 is 59.7 Å². The van der Waals surface area contributed by atoms with Gasteiger partial charge in [0.1, 0.15) is 30.2 Å². The molecule has 1 aromatic carbocycles. The van der Waals surface area contributed by atoms with Gasteiger partial charge in [-0.2, -0.15) is 0 Å². The lowest BCUT2D eigenvalue weighted by Crippen LogP contribution is -2.61. The molecule has 240 valence electrons. The van der Waals surface area contributed by atoms with Gasteiger partial charge in [-0.3, -0.25) is 24.0 Å². The summed E-state index contributed by atoms with van der Waals surface area (Å²) in [6.07, 6.45) is 2.59. The summed E-state index contributed by atoms with van der Waals surface area (Å²) in [6.45, 7) is 15.2. The smallest absolute Gasteiger partial charge is 0.243 e. The molecule has 1 aliphatic rings. The SMILES string of the molecule is CCC(C)C1NC(=O)C(Cc2ccccc2)NC(=O)C(C(C)CC)NC(=O)C(C(C)CC)NC(=O)C(C(C)CC)NC1=O. The monoisotopic (exact) mass is 599 g/mol. The molecule has 0 aliphatic carbocycles. The Kier molecular flexibility index (Phi) is 14.1. The standard InChI is InChI=1S/C33H53N5O5/c1-9-19(5)25-30(40)34-24(18-23-16-14-13-15-17-23)29(39)35-26(20(6)10-2)31(41)37-28(22(8)12-4)33(43)38-27(21(7)11-3)32(42)36-25/h13-17,19-22,24-28H,9-12,18H2,1-8H3,(H,34,40)(H,35,39)(H,36,42)(H,37,41)(H,38,43). The fourth-order valence-corrected chi connectivity index (χ4v) is 5.11. The Bertz CT molecular complexity index is 1080. The van der Waals surface area contributed by atoms with Crippen LogP contribution in [0.2, 0.25) is 0 Å². The second-order valence-corrected chi connectivity index (χ2v) is 12.2. The molecular formula is C33H53N5O5. The van der Waals surface area contributed by atoms with Crippen molar-refractivity contribution in [2.45, 2.75) is 118 Å². The van der Waals surface area contributed by atoms with E-state index in [4.69, 9.17) is 0 Å². The Morgan fingerprint density at radius 1 is 0.488 bits per heavy atom. The Morgan fingerprint density at radius 2 is 0.791 bits per heavy atom. The molecule has 0 bridgehead atoms. The molecule has 5 N–H and O–H groups in total. The maximum Gasteiger partial charge on any atom is 0.243 e. The molecule has 1 heterocycles. The van der Waals surface area contributed by atoms with Crippen LogP contribution < -0.4 is 26.6 Å². The highest BCUT2D eigenvalue weighted by Crippen LogP contribution is 2.17. The number of rotatable bonds is 10. The third kappa shape index (κ3) is 9.79. The van der Waals surface area contributed by atoms with Crippen molar-refractivity contribution < 1.29 is 24.0 Å². The first kappa shape index (κ1) is 35.8. The molecular weight excluding hydrogens is 546 g/mol. The van der Waals surface area contributed by atoms with Crippen LogP contribution in [0.5, 0.6) is 0 Å². The number of benzene rings is 1. The lowest BCUT2D eigenvalue weighted by molar-refractivity contribution is -0.136. The maximum atomic E-state index is 13.8. The highest BCUT2D eigenvalue weighted by Gasteiger charge is 2.38. The van der Waals surface area contributed by atoms with Gasteiger partial charge >= 0.3 is 0 Å². The first-order chi connectivity index (χ1) is 20.4. The van der Waals surface area contributed by atoms with Crippen LogP contribution in [-0.4, -0.2) is 59.7 Å². The van der Waals surface area contributed by atoms with Crippen molar-refractivity contribution in [2.24, 2.45) is 23.7 Å². The second-order valence-electron chi connectivity index (χ2n) is 12.2. The highest BCUT2D eigenvalue weighted by molar-refractivity contribution is 5.98. The van der Waals surface area contributed by atoms with Crippen molar-refractivity contribution in [3.05, 3.63) is 35.9 Å². The molecule has 1 aromatic rings. The quantitative estimate of drug-likeness (QED) is 0.281. The van der Waals surface area contributed by atoms with Gasteiger partial charge in [0.2, 0.25) is 29.5 Å². The van der Waals surface area contributed by atoms with Crippen LogP contribution in [0.15, 0.2) is 30.3 Å². The van der Waals surface area contributed by atoms with Crippen LogP contribution in [0.25, 0.3) is 0 Å². The number of carbonyl (C=O) groups excluding carboxylic acids is 5. The molecule has 1 fully saturated rings. The second kappa shape index (κ2) is 17.0. The normalized spacial score (nSPS) is 27.2. The Balaban J connectivity index is 2.66. The van der Waals surface area contributed by atoms with Gasteiger partial charge in [-0.25, -0.2) is 0 Å². The molecule has 43 heavy (non-hydrogen) atoms.